The van der Waals surface area contributed by atoms with Gasteiger partial charge in [0.25, 0.3) is 5.91 Å². The van der Waals surface area contributed by atoms with E-state index in [-0.39, 0.29) is 18.2 Å². The number of hydrogen-bond donors (Lipinski definition) is 1. The van der Waals surface area contributed by atoms with Gasteiger partial charge in [-0.05, 0) is 49.2 Å². The van der Waals surface area contributed by atoms with Crippen molar-refractivity contribution in [2.24, 2.45) is 0 Å². The smallest absolute Gasteiger partial charge is 0.339 e. The number of nitrogens with one attached hydrogen (secondary N) is 1. The van der Waals surface area contributed by atoms with Gasteiger partial charge in [0.1, 0.15) is 5.82 Å². The van der Waals surface area contributed by atoms with Crippen LogP contribution in [0.15, 0.2) is 42.5 Å². The zero-order valence-corrected chi connectivity index (χ0v) is 14.2. The normalized spacial score (nSPS) is 13.2. The Balaban J connectivity index is 1.47. The number of rotatable bonds is 6. The predicted molar refractivity (Wildman–Crippen MR) is 90.6 cm³/mol. The van der Waals surface area contributed by atoms with Crippen molar-refractivity contribution in [3.8, 4) is 11.5 Å². The molecule has 0 fully saturated rings. The fourth-order valence-corrected chi connectivity index (χ4v) is 2.43. The molecule has 0 aliphatic carbocycles. The molecule has 7 heteroatoms. The standard InChI is InChI=1S/C19H18FNO5/c1-12(18(22)21-9-8-13-2-5-15(20)6-3-13)26-19(23)14-4-7-16-17(10-14)25-11-24-16/h2-7,10,12H,8-9,11H2,1H3,(H,21,22)/t12-/m0/s1. The van der Waals surface area contributed by atoms with Crippen LogP contribution in [0.25, 0.3) is 0 Å². The van der Waals surface area contributed by atoms with Crippen LogP contribution in [0.5, 0.6) is 11.5 Å². The summed E-state index contributed by atoms with van der Waals surface area (Å²) >= 11 is 0. The highest BCUT2D eigenvalue weighted by atomic mass is 19.1. The van der Waals surface area contributed by atoms with Crippen LogP contribution in [0.4, 0.5) is 4.39 Å². The Labute approximate surface area is 149 Å². The van der Waals surface area contributed by atoms with Crippen molar-refractivity contribution in [2.45, 2.75) is 19.4 Å². The molecule has 136 valence electrons. The van der Waals surface area contributed by atoms with E-state index < -0.39 is 18.0 Å². The van der Waals surface area contributed by atoms with Gasteiger partial charge < -0.3 is 19.5 Å². The molecule has 1 atom stereocenters. The van der Waals surface area contributed by atoms with Crippen molar-refractivity contribution in [2.75, 3.05) is 13.3 Å². The molecule has 0 unspecified atom stereocenters. The number of ether oxygens (including phenoxy) is 3. The van der Waals surface area contributed by atoms with E-state index in [9.17, 15) is 14.0 Å². The number of carbonyl (C=O) groups excluding carboxylic acids is 2. The van der Waals surface area contributed by atoms with Crippen LogP contribution in [0, 0.1) is 5.82 Å². The Morgan fingerprint density at radius 1 is 1.15 bits per heavy atom. The van der Waals surface area contributed by atoms with Gasteiger partial charge in [-0.25, -0.2) is 9.18 Å². The Morgan fingerprint density at radius 3 is 2.65 bits per heavy atom. The maximum absolute atomic E-state index is 12.8. The van der Waals surface area contributed by atoms with Crippen molar-refractivity contribution < 1.29 is 28.2 Å². The third kappa shape index (κ3) is 4.30. The number of fused-ring (bicyclic) bond motifs is 1. The van der Waals surface area contributed by atoms with E-state index in [1.807, 2.05) is 0 Å². The van der Waals surface area contributed by atoms with Crippen LogP contribution >= 0.6 is 0 Å². The molecule has 0 radical (unpaired) electrons. The first kappa shape index (κ1) is 17.7. The molecule has 2 aromatic carbocycles. The van der Waals surface area contributed by atoms with Crippen molar-refractivity contribution in [1.29, 1.82) is 0 Å². The van der Waals surface area contributed by atoms with E-state index in [4.69, 9.17) is 14.2 Å². The minimum Gasteiger partial charge on any atom is -0.454 e. The molecule has 1 N–H and O–H groups in total. The Bertz CT molecular complexity index is 806. The fraction of sp³-hybridized carbons (Fsp3) is 0.263. The molecule has 1 amide bonds. The van der Waals surface area contributed by atoms with Gasteiger partial charge in [-0.15, -0.1) is 0 Å². The second kappa shape index (κ2) is 7.86. The maximum atomic E-state index is 12.8. The summed E-state index contributed by atoms with van der Waals surface area (Å²) in [6, 6.07) is 10.7. The lowest BCUT2D eigenvalue weighted by molar-refractivity contribution is -0.129. The topological polar surface area (TPSA) is 73.9 Å². The van der Waals surface area contributed by atoms with Gasteiger partial charge in [-0.1, -0.05) is 12.1 Å². The monoisotopic (exact) mass is 359 g/mol. The molecule has 0 bridgehead atoms. The van der Waals surface area contributed by atoms with Gasteiger partial charge in [0, 0.05) is 6.54 Å². The number of halogens is 1. The quantitative estimate of drug-likeness (QED) is 0.802. The maximum Gasteiger partial charge on any atom is 0.339 e. The van der Waals surface area contributed by atoms with Crippen LogP contribution in [-0.2, 0) is 16.0 Å². The van der Waals surface area contributed by atoms with Gasteiger partial charge in [-0.3, -0.25) is 4.79 Å². The van der Waals surface area contributed by atoms with Crippen LogP contribution in [0.3, 0.4) is 0 Å². The molecule has 26 heavy (non-hydrogen) atoms. The summed E-state index contributed by atoms with van der Waals surface area (Å²) < 4.78 is 28.4. The van der Waals surface area contributed by atoms with Crippen molar-refractivity contribution in [3.63, 3.8) is 0 Å². The highest BCUT2D eigenvalue weighted by Gasteiger charge is 2.21. The van der Waals surface area contributed by atoms with Crippen LogP contribution in [-0.4, -0.2) is 31.3 Å². The van der Waals surface area contributed by atoms with E-state index in [0.717, 1.165) is 5.56 Å². The lowest BCUT2D eigenvalue weighted by Gasteiger charge is -2.13. The van der Waals surface area contributed by atoms with Crippen molar-refractivity contribution in [1.82, 2.24) is 5.32 Å². The second-order valence-electron chi connectivity index (χ2n) is 5.78. The molecule has 3 rings (SSSR count). The number of carbonyl (C=O) groups is 2. The van der Waals surface area contributed by atoms with Crippen molar-refractivity contribution >= 4 is 11.9 Å². The van der Waals surface area contributed by atoms with Gasteiger partial charge in [0.2, 0.25) is 6.79 Å². The molecular weight excluding hydrogens is 341 g/mol. The molecule has 0 aromatic heterocycles. The third-order valence-electron chi connectivity index (χ3n) is 3.89. The molecule has 6 nitrogen and oxygen atoms in total. The number of esters is 1. The lowest BCUT2D eigenvalue weighted by Crippen LogP contribution is -2.36. The van der Waals surface area contributed by atoms with E-state index >= 15 is 0 Å². The molecule has 0 spiro atoms. The molecule has 0 saturated carbocycles. The van der Waals surface area contributed by atoms with Crippen molar-refractivity contribution in [3.05, 3.63) is 59.4 Å². The van der Waals surface area contributed by atoms with Gasteiger partial charge in [0.05, 0.1) is 5.56 Å². The van der Waals surface area contributed by atoms with Gasteiger partial charge in [0.15, 0.2) is 17.6 Å². The summed E-state index contributed by atoms with van der Waals surface area (Å²) in [5.41, 5.74) is 1.18. The van der Waals surface area contributed by atoms with Crippen LogP contribution in [0.1, 0.15) is 22.8 Å². The largest absolute Gasteiger partial charge is 0.454 e. The van der Waals surface area contributed by atoms with E-state index in [0.29, 0.717) is 24.5 Å². The summed E-state index contributed by atoms with van der Waals surface area (Å²) in [4.78, 5) is 24.2. The average Bonchev–Trinajstić information content (AvgIpc) is 3.10. The lowest BCUT2D eigenvalue weighted by atomic mass is 10.1. The average molecular weight is 359 g/mol. The third-order valence-corrected chi connectivity index (χ3v) is 3.89. The summed E-state index contributed by atoms with van der Waals surface area (Å²) in [5, 5.41) is 2.69. The van der Waals surface area contributed by atoms with E-state index in [2.05, 4.69) is 5.32 Å². The highest BCUT2D eigenvalue weighted by Crippen LogP contribution is 2.32. The summed E-state index contributed by atoms with van der Waals surface area (Å²) in [5.74, 6) is -0.295. The fourth-order valence-electron chi connectivity index (χ4n) is 2.43. The predicted octanol–water partition coefficient (Wildman–Crippen LogP) is 2.46. The molecule has 2 aromatic rings. The Morgan fingerprint density at radius 2 is 1.88 bits per heavy atom. The van der Waals surface area contributed by atoms with Crippen LogP contribution < -0.4 is 14.8 Å². The minimum absolute atomic E-state index is 0.112. The Hall–Kier alpha value is -3.09. The molecule has 1 heterocycles. The van der Waals surface area contributed by atoms with E-state index in [1.54, 1.807) is 24.3 Å². The van der Waals surface area contributed by atoms with Gasteiger partial charge >= 0.3 is 5.97 Å². The second-order valence-corrected chi connectivity index (χ2v) is 5.78. The molecule has 1 aliphatic rings. The zero-order valence-electron chi connectivity index (χ0n) is 14.2. The number of hydrogen-bond acceptors (Lipinski definition) is 5. The Kier molecular flexibility index (Phi) is 5.36. The van der Waals surface area contributed by atoms with E-state index in [1.165, 1.54) is 25.1 Å². The number of amides is 1. The summed E-state index contributed by atoms with van der Waals surface area (Å²) in [7, 11) is 0. The van der Waals surface area contributed by atoms with Gasteiger partial charge in [-0.2, -0.15) is 0 Å². The SMILES string of the molecule is C[C@H](OC(=O)c1ccc2c(c1)OCO2)C(=O)NCCc1ccc(F)cc1. The minimum atomic E-state index is -0.943. The summed E-state index contributed by atoms with van der Waals surface area (Å²) in [6.07, 6.45) is -0.393. The molecule has 0 saturated heterocycles. The first-order chi connectivity index (χ1) is 12.5. The van der Waals surface area contributed by atoms with Crippen LogP contribution in [0.2, 0.25) is 0 Å². The number of benzene rings is 2. The zero-order chi connectivity index (χ0) is 18.5. The first-order valence-corrected chi connectivity index (χ1v) is 8.16. The highest BCUT2D eigenvalue weighted by molar-refractivity contribution is 5.92. The molecule has 1 aliphatic heterocycles. The summed E-state index contributed by atoms with van der Waals surface area (Å²) in [6.45, 7) is 1.97. The molecular formula is C19H18FNO5. The first-order valence-electron chi connectivity index (χ1n) is 8.16.